The molecule has 0 unspecified atom stereocenters. The Morgan fingerprint density at radius 1 is 1.09 bits per heavy atom. The van der Waals surface area contributed by atoms with E-state index in [1.54, 1.807) is 4.68 Å². The van der Waals surface area contributed by atoms with Crippen LogP contribution in [0.25, 0.3) is 28.1 Å². The van der Waals surface area contributed by atoms with Gasteiger partial charge < -0.3 is 15.5 Å². The lowest BCUT2D eigenvalue weighted by Gasteiger charge is -2.04. The van der Waals surface area contributed by atoms with Crippen molar-refractivity contribution in [2.45, 2.75) is 26.5 Å². The Kier molecular flexibility index (Phi) is 6.20. The second-order valence-corrected chi connectivity index (χ2v) is 8.81. The molecule has 0 aliphatic heterocycles. The van der Waals surface area contributed by atoms with Crippen molar-refractivity contribution in [2.75, 3.05) is 0 Å². The second-order valence-electron chi connectivity index (χ2n) is 8.37. The zero-order valence-electron chi connectivity index (χ0n) is 19.3. The molecule has 0 aliphatic carbocycles. The smallest absolute Gasteiger partial charge is 0.138 e. The number of nitrogens with zero attached hydrogens (tertiary/aromatic N) is 5. The van der Waals surface area contributed by atoms with Crippen LogP contribution in [0.3, 0.4) is 0 Å². The van der Waals surface area contributed by atoms with E-state index in [0.29, 0.717) is 17.5 Å². The Bertz CT molecular complexity index is 1480. The zero-order valence-corrected chi connectivity index (χ0v) is 20.1. The molecule has 0 radical (unpaired) electrons. The minimum absolute atomic E-state index is 0.138. The van der Waals surface area contributed by atoms with Gasteiger partial charge in [-0.15, -0.1) is 5.10 Å². The zero-order chi connectivity index (χ0) is 24.4. The van der Waals surface area contributed by atoms with E-state index in [4.69, 9.17) is 27.1 Å². The number of benzene rings is 3. The molecule has 3 aromatic carbocycles. The van der Waals surface area contributed by atoms with E-state index in [2.05, 4.69) is 20.3 Å². The fourth-order valence-corrected chi connectivity index (χ4v) is 3.74. The van der Waals surface area contributed by atoms with Gasteiger partial charge in [-0.3, -0.25) is 4.99 Å². The summed E-state index contributed by atoms with van der Waals surface area (Å²) in [7, 11) is 0. The number of aromatic amines is 1. The third-order valence-electron chi connectivity index (χ3n) is 5.32. The van der Waals surface area contributed by atoms with Gasteiger partial charge in [-0.1, -0.05) is 16.8 Å². The summed E-state index contributed by atoms with van der Waals surface area (Å²) in [5, 5.41) is 9.00. The summed E-state index contributed by atoms with van der Waals surface area (Å²) in [6.07, 6.45) is 1.83. The number of rotatable bonds is 7. The number of fused-ring (bicyclic) bond motifs is 1. The minimum atomic E-state index is 0.138. The summed E-state index contributed by atoms with van der Waals surface area (Å²) in [5.74, 6) is 2.02. The number of nitrogens with one attached hydrogen (secondary N) is 1. The van der Waals surface area contributed by atoms with E-state index in [1.165, 1.54) is 0 Å². The summed E-state index contributed by atoms with van der Waals surface area (Å²) < 4.78 is 7.58. The van der Waals surface area contributed by atoms with Crippen LogP contribution >= 0.6 is 11.6 Å². The van der Waals surface area contributed by atoms with Crippen LogP contribution in [0, 0.1) is 0 Å². The molecular weight excluding hydrogens is 462 g/mol. The first kappa shape index (κ1) is 22.6. The summed E-state index contributed by atoms with van der Waals surface area (Å²) in [4.78, 5) is 12.5. The van der Waals surface area contributed by atoms with Gasteiger partial charge in [0.1, 0.15) is 29.7 Å². The Morgan fingerprint density at radius 3 is 2.60 bits per heavy atom. The predicted molar refractivity (Wildman–Crippen MR) is 138 cm³/mol. The predicted octanol–water partition coefficient (Wildman–Crippen LogP) is 5.16. The molecule has 2 aromatic heterocycles. The van der Waals surface area contributed by atoms with E-state index >= 15 is 0 Å². The molecule has 0 spiro atoms. The van der Waals surface area contributed by atoms with Gasteiger partial charge in [0.15, 0.2) is 0 Å². The molecule has 35 heavy (non-hydrogen) atoms. The van der Waals surface area contributed by atoms with Crippen LogP contribution in [0.2, 0.25) is 5.02 Å². The molecule has 0 bridgehead atoms. The molecule has 0 saturated carbocycles. The molecule has 8 nitrogen and oxygen atoms in total. The van der Waals surface area contributed by atoms with Gasteiger partial charge in [0, 0.05) is 22.2 Å². The number of halogens is 1. The highest BCUT2D eigenvalue weighted by Gasteiger charge is 2.09. The van der Waals surface area contributed by atoms with Crippen molar-refractivity contribution in [3.8, 4) is 22.8 Å². The number of H-pyrrole nitrogens is 1. The van der Waals surface area contributed by atoms with Gasteiger partial charge in [0.2, 0.25) is 0 Å². The second kappa shape index (κ2) is 9.60. The largest absolute Gasteiger partial charge is 0.487 e. The van der Waals surface area contributed by atoms with Gasteiger partial charge in [0.25, 0.3) is 0 Å². The monoisotopic (exact) mass is 485 g/mol. The lowest BCUT2D eigenvalue weighted by atomic mass is 10.2. The van der Waals surface area contributed by atoms with Crippen LogP contribution in [-0.4, -0.2) is 36.8 Å². The Hall–Kier alpha value is -4.17. The summed E-state index contributed by atoms with van der Waals surface area (Å²) >= 11 is 5.94. The first-order valence-corrected chi connectivity index (χ1v) is 11.6. The molecule has 0 atom stereocenters. The van der Waals surface area contributed by atoms with Crippen LogP contribution in [0.1, 0.15) is 25.1 Å². The van der Waals surface area contributed by atoms with Gasteiger partial charge in [-0.05, 0) is 80.6 Å². The molecule has 3 N–H and O–H groups in total. The van der Waals surface area contributed by atoms with Crippen LogP contribution < -0.4 is 10.5 Å². The fourth-order valence-electron chi connectivity index (χ4n) is 3.61. The summed E-state index contributed by atoms with van der Waals surface area (Å²) in [6, 6.07) is 21.1. The topological polar surface area (TPSA) is 107 Å². The van der Waals surface area contributed by atoms with Gasteiger partial charge in [0.05, 0.1) is 22.9 Å². The van der Waals surface area contributed by atoms with E-state index < -0.39 is 0 Å². The molecule has 0 fully saturated rings. The number of ether oxygens (including phenoxy) is 1. The van der Waals surface area contributed by atoms with Crippen molar-refractivity contribution >= 4 is 28.5 Å². The number of aromatic nitrogens is 5. The molecule has 0 aliphatic rings. The van der Waals surface area contributed by atoms with Crippen LogP contribution in [0.5, 0.6) is 5.75 Å². The average molecular weight is 486 g/mol. The molecule has 2 heterocycles. The van der Waals surface area contributed by atoms with Crippen molar-refractivity contribution in [1.29, 1.82) is 0 Å². The van der Waals surface area contributed by atoms with Crippen LogP contribution in [-0.2, 0) is 6.61 Å². The maximum Gasteiger partial charge on any atom is 0.138 e. The number of aliphatic imine (C=N–C) groups is 1. The minimum Gasteiger partial charge on any atom is -0.487 e. The van der Waals surface area contributed by atoms with Gasteiger partial charge in [-0.25, -0.2) is 9.67 Å². The van der Waals surface area contributed by atoms with Crippen molar-refractivity contribution in [2.24, 2.45) is 10.7 Å². The highest BCUT2D eigenvalue weighted by Crippen LogP contribution is 2.24. The normalized spacial score (nSPS) is 11.9. The molecule has 9 heteroatoms. The molecule has 0 amide bonds. The number of hydrogen-bond acceptors (Lipinski definition) is 5. The highest BCUT2D eigenvalue weighted by atomic mass is 35.5. The summed E-state index contributed by atoms with van der Waals surface area (Å²) in [5.41, 5.74) is 11.3. The van der Waals surface area contributed by atoms with Crippen LogP contribution in [0.15, 0.2) is 77.9 Å². The molecule has 0 saturated heterocycles. The SMILES string of the molecule is CC(C)N=C(N)c1ccc2nc(-c3ccc(OCc4cn(-c5ccc(Cl)cc5)nn4)cc3)[nH]c2c1. The number of hydrogen-bond donors (Lipinski definition) is 2. The van der Waals surface area contributed by atoms with Crippen molar-refractivity contribution in [3.05, 3.63) is 89.2 Å². The number of imidazole rings is 1. The molecule has 5 rings (SSSR count). The lowest BCUT2D eigenvalue weighted by molar-refractivity contribution is 0.301. The van der Waals surface area contributed by atoms with E-state index in [1.807, 2.05) is 86.8 Å². The number of nitrogens with two attached hydrogens (primary N) is 1. The van der Waals surface area contributed by atoms with Crippen molar-refractivity contribution < 1.29 is 4.74 Å². The Labute approximate surface area is 207 Å². The van der Waals surface area contributed by atoms with Crippen molar-refractivity contribution in [3.63, 3.8) is 0 Å². The van der Waals surface area contributed by atoms with Gasteiger partial charge in [-0.2, -0.15) is 0 Å². The standard InChI is InChI=1S/C26H24ClN7O/c1-16(2)29-25(28)18-5-12-23-24(13-18)31-26(30-23)17-3-10-22(11-4-17)35-15-20-14-34(33-32-20)21-8-6-19(27)7-9-21/h3-14,16H,15H2,1-2H3,(H2,28,29)(H,30,31). The summed E-state index contributed by atoms with van der Waals surface area (Å²) in [6.45, 7) is 4.30. The van der Waals surface area contributed by atoms with Gasteiger partial charge >= 0.3 is 0 Å². The maximum atomic E-state index is 6.12. The average Bonchev–Trinajstić information content (AvgIpc) is 3.50. The molecule has 5 aromatic rings. The third kappa shape index (κ3) is 5.17. The van der Waals surface area contributed by atoms with E-state index in [0.717, 1.165) is 45.1 Å². The molecule has 176 valence electrons. The van der Waals surface area contributed by atoms with Crippen molar-refractivity contribution in [1.82, 2.24) is 25.0 Å². The highest BCUT2D eigenvalue weighted by molar-refractivity contribution is 6.30. The Balaban J connectivity index is 1.26. The quantitative estimate of drug-likeness (QED) is 0.244. The Morgan fingerprint density at radius 2 is 1.86 bits per heavy atom. The van der Waals surface area contributed by atoms with E-state index in [9.17, 15) is 0 Å². The first-order chi connectivity index (χ1) is 16.9. The van der Waals surface area contributed by atoms with Crippen LogP contribution in [0.4, 0.5) is 0 Å². The van der Waals surface area contributed by atoms with E-state index in [-0.39, 0.29) is 6.04 Å². The fraction of sp³-hybridized carbons (Fsp3) is 0.154. The first-order valence-electron chi connectivity index (χ1n) is 11.2. The molecular formula is C26H24ClN7O. The maximum absolute atomic E-state index is 6.12. The third-order valence-corrected chi connectivity index (χ3v) is 5.57. The number of amidine groups is 1. The lowest BCUT2D eigenvalue weighted by Crippen LogP contribution is -2.15.